The van der Waals surface area contributed by atoms with Gasteiger partial charge >= 0.3 is 0 Å². The predicted octanol–water partition coefficient (Wildman–Crippen LogP) is 1.50. The van der Waals surface area contributed by atoms with Crippen molar-refractivity contribution in [1.29, 1.82) is 0 Å². The molecule has 0 saturated carbocycles. The molecule has 6 nitrogen and oxygen atoms in total. The maximum atomic E-state index is 12.5. The zero-order valence-electron chi connectivity index (χ0n) is 13.9. The summed E-state index contributed by atoms with van der Waals surface area (Å²) in [6.45, 7) is 0.519. The van der Waals surface area contributed by atoms with E-state index in [0.717, 1.165) is 22.2 Å². The Kier molecular flexibility index (Phi) is 4.57. The highest BCUT2D eigenvalue weighted by atomic mass is 16.2. The molecular weight excluding hydrogens is 302 g/mol. The average Bonchev–Trinajstić information content (AvgIpc) is 2.98. The molecule has 2 heterocycles. The fourth-order valence-corrected chi connectivity index (χ4v) is 2.74. The van der Waals surface area contributed by atoms with Crippen LogP contribution in [0.1, 0.15) is 11.4 Å². The van der Waals surface area contributed by atoms with Gasteiger partial charge in [0.1, 0.15) is 5.82 Å². The number of benzene rings is 1. The lowest BCUT2D eigenvalue weighted by Crippen LogP contribution is -2.43. The summed E-state index contributed by atoms with van der Waals surface area (Å²) < 4.78 is 1.88. The minimum Gasteiger partial charge on any atom is -0.340 e. The average molecular weight is 323 g/mol. The number of carbonyl (C=O) groups excluding carboxylic acids is 1. The van der Waals surface area contributed by atoms with Gasteiger partial charge in [0, 0.05) is 57.2 Å². The first-order valence-corrected chi connectivity index (χ1v) is 7.84. The highest BCUT2D eigenvalue weighted by molar-refractivity contribution is 5.83. The summed E-state index contributed by atoms with van der Waals surface area (Å²) in [5, 5.41) is 2.20. The number of hydrogen-bond acceptors (Lipinski definition) is 4. The maximum absolute atomic E-state index is 12.5. The molecule has 1 aromatic carbocycles. The van der Waals surface area contributed by atoms with Gasteiger partial charge in [-0.25, -0.2) is 4.98 Å². The van der Waals surface area contributed by atoms with Crippen molar-refractivity contribution in [3.8, 4) is 0 Å². The van der Waals surface area contributed by atoms with Gasteiger partial charge in [0.2, 0.25) is 5.91 Å². The zero-order valence-corrected chi connectivity index (χ0v) is 13.9. The number of fused-ring (bicyclic) bond motifs is 1. The van der Waals surface area contributed by atoms with Gasteiger partial charge < -0.3 is 15.2 Å². The molecule has 24 heavy (non-hydrogen) atoms. The quantitative estimate of drug-likeness (QED) is 0.772. The summed E-state index contributed by atoms with van der Waals surface area (Å²) in [6, 6.07) is 7.47. The summed E-state index contributed by atoms with van der Waals surface area (Å²) in [5.41, 5.74) is 7.13. The number of aromatic nitrogens is 3. The lowest BCUT2D eigenvalue weighted by molar-refractivity contribution is -0.131. The molecule has 0 aliphatic carbocycles. The van der Waals surface area contributed by atoms with E-state index in [2.05, 4.69) is 16.0 Å². The summed E-state index contributed by atoms with van der Waals surface area (Å²) in [5.74, 6) is 0.718. The standard InChI is InChI=1S/C18H21N5O/c1-22-8-7-21-17(22)10-16(19)18(24)23(2)12-13-3-4-15-11-20-6-5-14(15)9-13/h3-9,11,16H,10,12,19H2,1-2H3. The van der Waals surface area contributed by atoms with Crippen molar-refractivity contribution < 1.29 is 4.79 Å². The summed E-state index contributed by atoms with van der Waals surface area (Å²) in [4.78, 5) is 22.5. The van der Waals surface area contributed by atoms with Crippen molar-refractivity contribution in [2.75, 3.05) is 7.05 Å². The third kappa shape index (κ3) is 3.44. The topological polar surface area (TPSA) is 77.0 Å². The Hall–Kier alpha value is -2.73. The number of hydrogen-bond donors (Lipinski definition) is 1. The third-order valence-corrected chi connectivity index (χ3v) is 4.14. The Bertz CT molecular complexity index is 857. The van der Waals surface area contributed by atoms with Crippen molar-refractivity contribution in [1.82, 2.24) is 19.4 Å². The lowest BCUT2D eigenvalue weighted by Gasteiger charge is -2.21. The normalized spacial score (nSPS) is 12.3. The van der Waals surface area contributed by atoms with Crippen molar-refractivity contribution in [2.24, 2.45) is 12.8 Å². The molecule has 0 spiro atoms. The Morgan fingerprint density at radius 3 is 2.88 bits per heavy atom. The first-order chi connectivity index (χ1) is 11.5. The van der Waals surface area contributed by atoms with Crippen LogP contribution in [0.2, 0.25) is 0 Å². The number of aryl methyl sites for hydroxylation is 1. The van der Waals surface area contributed by atoms with Crippen LogP contribution in [0, 0.1) is 0 Å². The molecule has 3 rings (SSSR count). The van der Waals surface area contributed by atoms with Crippen LogP contribution in [-0.4, -0.2) is 38.4 Å². The molecule has 2 aromatic heterocycles. The third-order valence-electron chi connectivity index (χ3n) is 4.14. The first kappa shape index (κ1) is 16.1. The van der Waals surface area contributed by atoms with Gasteiger partial charge in [0.05, 0.1) is 6.04 Å². The predicted molar refractivity (Wildman–Crippen MR) is 93.1 cm³/mol. The molecule has 0 aliphatic rings. The minimum atomic E-state index is -0.597. The summed E-state index contributed by atoms with van der Waals surface area (Å²) in [7, 11) is 3.67. The van der Waals surface area contributed by atoms with Crippen molar-refractivity contribution in [3.05, 3.63) is 60.4 Å². The van der Waals surface area contributed by atoms with E-state index in [0.29, 0.717) is 13.0 Å². The lowest BCUT2D eigenvalue weighted by atomic mass is 10.1. The molecule has 1 unspecified atom stereocenters. The van der Waals surface area contributed by atoms with Gasteiger partial charge in [-0.2, -0.15) is 0 Å². The Morgan fingerprint density at radius 2 is 2.12 bits per heavy atom. The van der Waals surface area contributed by atoms with Crippen molar-refractivity contribution in [2.45, 2.75) is 19.0 Å². The Labute approximate surface area is 140 Å². The molecular formula is C18H21N5O. The summed E-state index contributed by atoms with van der Waals surface area (Å²) >= 11 is 0. The van der Waals surface area contributed by atoms with Gasteiger partial charge in [-0.3, -0.25) is 9.78 Å². The smallest absolute Gasteiger partial charge is 0.239 e. The van der Waals surface area contributed by atoms with E-state index in [9.17, 15) is 4.79 Å². The molecule has 6 heteroatoms. The van der Waals surface area contributed by atoms with Crippen LogP contribution in [0.3, 0.4) is 0 Å². The molecule has 0 saturated heterocycles. The Morgan fingerprint density at radius 1 is 1.29 bits per heavy atom. The number of nitrogens with two attached hydrogens (primary N) is 1. The van der Waals surface area contributed by atoms with Crippen molar-refractivity contribution in [3.63, 3.8) is 0 Å². The Balaban J connectivity index is 1.67. The minimum absolute atomic E-state index is 0.0900. The summed E-state index contributed by atoms with van der Waals surface area (Å²) in [6.07, 6.45) is 7.58. The zero-order chi connectivity index (χ0) is 17.1. The van der Waals surface area contributed by atoms with E-state index in [1.165, 1.54) is 0 Å². The molecule has 0 fully saturated rings. The van der Waals surface area contributed by atoms with E-state index >= 15 is 0 Å². The molecule has 1 amide bonds. The van der Waals surface area contributed by atoms with E-state index in [1.54, 1.807) is 24.3 Å². The van der Waals surface area contributed by atoms with Gasteiger partial charge in [-0.15, -0.1) is 0 Å². The molecule has 0 bridgehead atoms. The van der Waals surface area contributed by atoms with Crippen LogP contribution in [-0.2, 0) is 24.8 Å². The van der Waals surface area contributed by atoms with Gasteiger partial charge in [0.15, 0.2) is 0 Å². The fourth-order valence-electron chi connectivity index (χ4n) is 2.74. The van der Waals surface area contributed by atoms with Crippen LogP contribution in [0.5, 0.6) is 0 Å². The number of rotatable bonds is 5. The molecule has 124 valence electrons. The van der Waals surface area contributed by atoms with Crippen LogP contribution < -0.4 is 5.73 Å². The second-order valence-corrected chi connectivity index (χ2v) is 6.02. The molecule has 2 N–H and O–H groups in total. The van der Waals surface area contributed by atoms with E-state index in [-0.39, 0.29) is 5.91 Å². The number of likely N-dealkylation sites (N-methyl/N-ethyl adjacent to an activating group) is 1. The van der Waals surface area contributed by atoms with Gasteiger partial charge in [-0.1, -0.05) is 12.1 Å². The monoisotopic (exact) mass is 323 g/mol. The van der Waals surface area contributed by atoms with Crippen LogP contribution >= 0.6 is 0 Å². The second kappa shape index (κ2) is 6.80. The van der Waals surface area contributed by atoms with Crippen LogP contribution in [0.25, 0.3) is 10.8 Å². The SMILES string of the molecule is CN(Cc1ccc2cnccc2c1)C(=O)C(N)Cc1nccn1C. The largest absolute Gasteiger partial charge is 0.340 e. The van der Waals surface area contributed by atoms with Crippen LogP contribution in [0.15, 0.2) is 49.1 Å². The molecule has 3 aromatic rings. The van der Waals surface area contributed by atoms with Crippen molar-refractivity contribution >= 4 is 16.7 Å². The van der Waals surface area contributed by atoms with E-state index in [4.69, 9.17) is 5.73 Å². The maximum Gasteiger partial charge on any atom is 0.239 e. The first-order valence-electron chi connectivity index (χ1n) is 7.84. The molecule has 0 aliphatic heterocycles. The van der Waals surface area contributed by atoms with E-state index < -0.39 is 6.04 Å². The molecule has 1 atom stereocenters. The van der Waals surface area contributed by atoms with Crippen LogP contribution in [0.4, 0.5) is 0 Å². The second-order valence-electron chi connectivity index (χ2n) is 6.02. The molecule has 0 radical (unpaired) electrons. The number of amides is 1. The number of carbonyl (C=O) groups is 1. The number of nitrogens with zero attached hydrogens (tertiary/aromatic N) is 4. The van der Waals surface area contributed by atoms with E-state index in [1.807, 2.05) is 42.2 Å². The number of imidazole rings is 1. The fraction of sp³-hybridized carbons (Fsp3) is 0.278. The van der Waals surface area contributed by atoms with Gasteiger partial charge in [0.25, 0.3) is 0 Å². The highest BCUT2D eigenvalue weighted by Gasteiger charge is 2.20. The number of pyridine rings is 1. The van der Waals surface area contributed by atoms with Gasteiger partial charge in [-0.05, 0) is 23.1 Å². The highest BCUT2D eigenvalue weighted by Crippen LogP contribution is 2.16.